The number of nitrogen functional groups attached to an aromatic ring is 1. The van der Waals surface area contributed by atoms with Crippen LogP contribution in [0, 0.1) is 10.1 Å². The monoisotopic (exact) mass is 321 g/mol. The van der Waals surface area contributed by atoms with Crippen molar-refractivity contribution in [1.29, 1.82) is 0 Å². The molecule has 12 heteroatoms. The number of hydrogen-bond donors (Lipinski definition) is 4. The fourth-order valence-corrected chi connectivity index (χ4v) is 1.49. The highest BCUT2D eigenvalue weighted by Gasteiger charge is 2.21. The number of anilines is 2. The summed E-state index contributed by atoms with van der Waals surface area (Å²) in [5, 5.41) is 13.2. The first-order valence-electron chi connectivity index (χ1n) is 6.10. The topological polar surface area (TPSA) is 178 Å². The Morgan fingerprint density at radius 2 is 2.17 bits per heavy atom. The lowest BCUT2D eigenvalue weighted by Gasteiger charge is -2.08. The smallest absolute Gasteiger partial charge is 0.354 e. The third-order valence-electron chi connectivity index (χ3n) is 2.51. The fraction of sp³-hybridized carbons (Fsp3) is 0.0909. The summed E-state index contributed by atoms with van der Waals surface area (Å²) in [4.78, 5) is 40.3. The lowest BCUT2D eigenvalue weighted by Crippen LogP contribution is -2.39. The second-order valence-electron chi connectivity index (χ2n) is 4.05. The number of nitrogens with zero attached hydrogens (tertiary/aromatic N) is 3. The SMILES string of the molecule is Nc1ncnc(NNC(=O)CNC(=O)c2ccco2)c1[N+](=O)[O-]. The van der Waals surface area contributed by atoms with Gasteiger partial charge in [0.05, 0.1) is 17.7 Å². The van der Waals surface area contributed by atoms with E-state index < -0.39 is 22.4 Å². The van der Waals surface area contributed by atoms with Gasteiger partial charge in [-0.25, -0.2) is 9.97 Å². The van der Waals surface area contributed by atoms with E-state index in [1.54, 1.807) is 0 Å². The number of furan rings is 1. The van der Waals surface area contributed by atoms with Crippen LogP contribution in [0.5, 0.6) is 0 Å². The number of rotatable bonds is 6. The van der Waals surface area contributed by atoms with Gasteiger partial charge in [-0.1, -0.05) is 0 Å². The van der Waals surface area contributed by atoms with Crippen LogP contribution in [-0.4, -0.2) is 33.3 Å². The molecule has 0 aliphatic rings. The van der Waals surface area contributed by atoms with E-state index >= 15 is 0 Å². The maximum atomic E-state index is 11.6. The van der Waals surface area contributed by atoms with Gasteiger partial charge in [-0.15, -0.1) is 0 Å². The van der Waals surface area contributed by atoms with Gasteiger partial charge in [-0.2, -0.15) is 0 Å². The molecule has 5 N–H and O–H groups in total. The van der Waals surface area contributed by atoms with E-state index in [1.807, 2.05) is 0 Å². The molecule has 0 aromatic carbocycles. The van der Waals surface area contributed by atoms with Crippen LogP contribution in [-0.2, 0) is 4.79 Å². The summed E-state index contributed by atoms with van der Waals surface area (Å²) in [5.74, 6) is -1.84. The Morgan fingerprint density at radius 3 is 2.83 bits per heavy atom. The van der Waals surface area contributed by atoms with Crippen molar-refractivity contribution < 1.29 is 18.9 Å². The van der Waals surface area contributed by atoms with E-state index in [-0.39, 0.29) is 23.9 Å². The third-order valence-corrected chi connectivity index (χ3v) is 2.51. The molecule has 0 atom stereocenters. The van der Waals surface area contributed by atoms with E-state index in [0.29, 0.717) is 0 Å². The van der Waals surface area contributed by atoms with Crippen molar-refractivity contribution in [2.24, 2.45) is 0 Å². The molecule has 0 radical (unpaired) electrons. The average molecular weight is 321 g/mol. The number of carbonyl (C=O) groups is 2. The Labute approximate surface area is 128 Å². The van der Waals surface area contributed by atoms with Crippen molar-refractivity contribution in [3.05, 3.63) is 40.6 Å². The molecule has 2 rings (SSSR count). The Kier molecular flexibility index (Phi) is 4.66. The molecule has 0 bridgehead atoms. The molecule has 2 amide bonds. The molecule has 0 aliphatic heterocycles. The number of nitrogens with two attached hydrogens (primary N) is 1. The van der Waals surface area contributed by atoms with Gasteiger partial charge in [0.15, 0.2) is 5.76 Å². The number of hydrogen-bond acceptors (Lipinski definition) is 9. The van der Waals surface area contributed by atoms with E-state index in [0.717, 1.165) is 6.33 Å². The number of nitrogens with one attached hydrogen (secondary N) is 3. The van der Waals surface area contributed by atoms with Crippen LogP contribution in [0.15, 0.2) is 29.1 Å². The molecule has 0 spiro atoms. The van der Waals surface area contributed by atoms with Gasteiger partial charge >= 0.3 is 5.69 Å². The molecule has 120 valence electrons. The van der Waals surface area contributed by atoms with Gasteiger partial charge in [0.1, 0.15) is 6.33 Å². The summed E-state index contributed by atoms with van der Waals surface area (Å²) < 4.78 is 4.85. The zero-order valence-corrected chi connectivity index (χ0v) is 11.5. The van der Waals surface area contributed by atoms with Crippen LogP contribution in [0.1, 0.15) is 10.6 Å². The molecular weight excluding hydrogens is 310 g/mol. The first-order valence-corrected chi connectivity index (χ1v) is 6.10. The third kappa shape index (κ3) is 3.90. The van der Waals surface area contributed by atoms with Crippen LogP contribution < -0.4 is 21.9 Å². The van der Waals surface area contributed by atoms with Crippen LogP contribution in [0.2, 0.25) is 0 Å². The van der Waals surface area contributed by atoms with E-state index in [2.05, 4.69) is 26.1 Å². The lowest BCUT2D eigenvalue weighted by atomic mass is 10.4. The van der Waals surface area contributed by atoms with Crippen LogP contribution in [0.4, 0.5) is 17.3 Å². The minimum absolute atomic E-state index is 0.0463. The molecule has 2 aromatic rings. The number of amides is 2. The zero-order chi connectivity index (χ0) is 16.8. The summed E-state index contributed by atoms with van der Waals surface area (Å²) in [6.07, 6.45) is 2.31. The number of nitro groups is 1. The zero-order valence-electron chi connectivity index (χ0n) is 11.5. The second kappa shape index (κ2) is 6.84. The summed E-state index contributed by atoms with van der Waals surface area (Å²) in [6, 6.07) is 2.95. The van der Waals surface area contributed by atoms with Gasteiger partial charge < -0.3 is 15.5 Å². The first kappa shape index (κ1) is 15.7. The molecule has 23 heavy (non-hydrogen) atoms. The Morgan fingerprint density at radius 1 is 1.39 bits per heavy atom. The van der Waals surface area contributed by atoms with Crippen molar-refractivity contribution in [1.82, 2.24) is 20.7 Å². The van der Waals surface area contributed by atoms with Crippen LogP contribution in [0.25, 0.3) is 0 Å². The maximum Gasteiger partial charge on any atom is 0.354 e. The van der Waals surface area contributed by atoms with E-state index in [9.17, 15) is 19.7 Å². The summed E-state index contributed by atoms with van der Waals surface area (Å²) in [7, 11) is 0. The molecule has 0 saturated heterocycles. The minimum atomic E-state index is -0.789. The van der Waals surface area contributed by atoms with Gasteiger partial charge in [-0.3, -0.25) is 30.6 Å². The van der Waals surface area contributed by atoms with Gasteiger partial charge in [-0.05, 0) is 12.1 Å². The quantitative estimate of drug-likeness (QED) is 0.400. The standard InChI is InChI=1S/C11H11N7O5/c12-9-8(18(21)22)10(15-5-14-9)17-16-7(19)4-13-11(20)6-2-1-3-23-6/h1-3,5H,4H2,(H,13,20)(H,16,19)(H3,12,14,15,17). The van der Waals surface area contributed by atoms with Crippen LogP contribution in [0.3, 0.4) is 0 Å². The molecule has 2 aromatic heterocycles. The molecule has 0 aliphatic carbocycles. The predicted molar refractivity (Wildman–Crippen MR) is 75.9 cm³/mol. The second-order valence-corrected chi connectivity index (χ2v) is 4.05. The van der Waals surface area contributed by atoms with Gasteiger partial charge in [0.25, 0.3) is 11.8 Å². The summed E-state index contributed by atoms with van der Waals surface area (Å²) >= 11 is 0. The molecule has 0 saturated carbocycles. The van der Waals surface area contributed by atoms with E-state index in [4.69, 9.17) is 10.2 Å². The number of aromatic nitrogens is 2. The summed E-state index contributed by atoms with van der Waals surface area (Å²) in [6.45, 7) is -0.388. The van der Waals surface area contributed by atoms with Crippen molar-refractivity contribution in [2.45, 2.75) is 0 Å². The molecular formula is C11H11N7O5. The van der Waals surface area contributed by atoms with Gasteiger partial charge in [0.2, 0.25) is 11.6 Å². The Bertz CT molecular complexity index is 730. The van der Waals surface area contributed by atoms with Crippen molar-refractivity contribution in [3.63, 3.8) is 0 Å². The first-order chi connectivity index (χ1) is 11.0. The number of hydrazine groups is 1. The predicted octanol–water partition coefficient (Wildman–Crippen LogP) is -0.567. The van der Waals surface area contributed by atoms with Crippen LogP contribution >= 0.6 is 0 Å². The maximum absolute atomic E-state index is 11.6. The highest BCUT2D eigenvalue weighted by molar-refractivity contribution is 5.94. The van der Waals surface area contributed by atoms with Crippen molar-refractivity contribution in [3.8, 4) is 0 Å². The molecule has 0 unspecified atom stereocenters. The van der Waals surface area contributed by atoms with Crippen molar-refractivity contribution in [2.75, 3.05) is 17.7 Å². The highest BCUT2D eigenvalue weighted by Crippen LogP contribution is 2.25. The molecule has 2 heterocycles. The highest BCUT2D eigenvalue weighted by atomic mass is 16.6. The van der Waals surface area contributed by atoms with E-state index in [1.165, 1.54) is 18.4 Å². The summed E-state index contributed by atoms with van der Waals surface area (Å²) in [5.41, 5.74) is 9.18. The van der Waals surface area contributed by atoms with Crippen molar-refractivity contribution >= 4 is 29.1 Å². The van der Waals surface area contributed by atoms with Gasteiger partial charge in [0, 0.05) is 0 Å². The fourth-order valence-electron chi connectivity index (χ4n) is 1.49. The molecule has 12 nitrogen and oxygen atoms in total. The lowest BCUT2D eigenvalue weighted by molar-refractivity contribution is -0.383. The molecule has 0 fully saturated rings. The normalized spacial score (nSPS) is 9.91. The average Bonchev–Trinajstić information content (AvgIpc) is 3.04. The Hall–Kier alpha value is -3.70. The largest absolute Gasteiger partial charge is 0.459 e. The Balaban J connectivity index is 1.89. The number of carbonyl (C=O) groups excluding carboxylic acids is 2. The minimum Gasteiger partial charge on any atom is -0.459 e.